The van der Waals surface area contributed by atoms with Crippen molar-refractivity contribution in [2.45, 2.75) is 26.7 Å². The summed E-state index contributed by atoms with van der Waals surface area (Å²) in [6.07, 6.45) is 0.774. The molecule has 0 aromatic rings. The van der Waals surface area contributed by atoms with E-state index in [1.54, 1.807) is 6.92 Å². The van der Waals surface area contributed by atoms with E-state index in [-0.39, 0.29) is 25.0 Å². The van der Waals surface area contributed by atoms with Crippen molar-refractivity contribution >= 4 is 11.9 Å². The van der Waals surface area contributed by atoms with Crippen molar-refractivity contribution in [3.63, 3.8) is 0 Å². The van der Waals surface area contributed by atoms with Crippen LogP contribution >= 0.6 is 0 Å². The van der Waals surface area contributed by atoms with Gasteiger partial charge in [-0.1, -0.05) is 6.92 Å². The van der Waals surface area contributed by atoms with Crippen LogP contribution in [0, 0.1) is 0 Å². The average Bonchev–Trinajstić information content (AvgIpc) is 2.47. The molecule has 4 heteroatoms. The summed E-state index contributed by atoms with van der Waals surface area (Å²) in [4.78, 5) is 22.3. The minimum absolute atomic E-state index is 0.169. The van der Waals surface area contributed by atoms with Crippen LogP contribution in [0.3, 0.4) is 0 Å². The van der Waals surface area contributed by atoms with Gasteiger partial charge in [-0.05, 0) is 18.9 Å². The van der Waals surface area contributed by atoms with Crippen LogP contribution in [0.1, 0.15) is 26.7 Å². The molecule has 0 spiro atoms. The Kier molecular flexibility index (Phi) is 3.68. The molecule has 0 fully saturated rings. The molecule has 4 nitrogen and oxygen atoms in total. The topological polar surface area (TPSA) is 52.6 Å². The molecule has 0 aromatic carbocycles. The van der Waals surface area contributed by atoms with Crippen molar-refractivity contribution in [3.05, 3.63) is 11.1 Å². The molecule has 0 saturated heterocycles. The second-order valence-electron chi connectivity index (χ2n) is 2.99. The molecule has 1 heterocycles. The van der Waals surface area contributed by atoms with E-state index in [2.05, 4.69) is 0 Å². The van der Waals surface area contributed by atoms with Crippen LogP contribution in [-0.4, -0.2) is 25.2 Å². The summed E-state index contributed by atoms with van der Waals surface area (Å²) in [5.41, 5.74) is 1.38. The van der Waals surface area contributed by atoms with Gasteiger partial charge in [0.2, 0.25) is 0 Å². The van der Waals surface area contributed by atoms with E-state index in [4.69, 9.17) is 9.47 Å². The Morgan fingerprint density at radius 2 is 2.21 bits per heavy atom. The van der Waals surface area contributed by atoms with E-state index < -0.39 is 0 Å². The Morgan fingerprint density at radius 1 is 1.50 bits per heavy atom. The van der Waals surface area contributed by atoms with Crippen LogP contribution < -0.4 is 0 Å². The summed E-state index contributed by atoms with van der Waals surface area (Å²) in [5, 5.41) is 0. The van der Waals surface area contributed by atoms with Crippen LogP contribution in [-0.2, 0) is 19.1 Å². The first-order valence-electron chi connectivity index (χ1n) is 4.72. The van der Waals surface area contributed by atoms with Gasteiger partial charge in [-0.3, -0.25) is 4.79 Å². The molecule has 1 aliphatic rings. The molecule has 1 aliphatic heterocycles. The minimum atomic E-state index is -0.299. The summed E-state index contributed by atoms with van der Waals surface area (Å²) >= 11 is 0. The third kappa shape index (κ3) is 2.34. The predicted octanol–water partition coefficient (Wildman–Crippen LogP) is 1.20. The Balaban J connectivity index is 2.63. The molecule has 0 N–H and O–H groups in total. The largest absolute Gasteiger partial charge is 0.466 e. The zero-order chi connectivity index (χ0) is 10.6. The smallest absolute Gasteiger partial charge is 0.334 e. The third-order valence-electron chi connectivity index (χ3n) is 2.07. The fourth-order valence-corrected chi connectivity index (χ4v) is 1.41. The second-order valence-corrected chi connectivity index (χ2v) is 2.99. The third-order valence-corrected chi connectivity index (χ3v) is 2.07. The van der Waals surface area contributed by atoms with Gasteiger partial charge in [0.25, 0.3) is 0 Å². The van der Waals surface area contributed by atoms with E-state index in [0.717, 1.165) is 5.57 Å². The van der Waals surface area contributed by atoms with E-state index in [1.807, 2.05) is 6.92 Å². The van der Waals surface area contributed by atoms with Crippen LogP contribution in [0.15, 0.2) is 11.1 Å². The van der Waals surface area contributed by atoms with Crippen LogP contribution in [0.5, 0.6) is 0 Å². The lowest BCUT2D eigenvalue weighted by Crippen LogP contribution is -2.06. The van der Waals surface area contributed by atoms with Gasteiger partial charge in [-0.15, -0.1) is 0 Å². The Bertz CT molecular complexity index is 278. The van der Waals surface area contributed by atoms with Crippen molar-refractivity contribution in [2.24, 2.45) is 0 Å². The number of esters is 2. The lowest BCUT2D eigenvalue weighted by atomic mass is 10.1. The van der Waals surface area contributed by atoms with Gasteiger partial charge in [0.15, 0.2) is 0 Å². The molecule has 0 bridgehead atoms. The summed E-state index contributed by atoms with van der Waals surface area (Å²) in [7, 11) is 0. The normalized spacial score (nSPS) is 15.7. The standard InChI is InChI=1S/C10H14O4/c1-3-8-7(6-14-10(8)12)5-9(11)13-4-2/h3-6H2,1-2H3. The van der Waals surface area contributed by atoms with Gasteiger partial charge in [-0.2, -0.15) is 0 Å². The van der Waals surface area contributed by atoms with E-state index in [0.29, 0.717) is 18.6 Å². The van der Waals surface area contributed by atoms with Gasteiger partial charge in [0.1, 0.15) is 6.61 Å². The fourth-order valence-electron chi connectivity index (χ4n) is 1.41. The Hall–Kier alpha value is -1.32. The second kappa shape index (κ2) is 4.79. The van der Waals surface area contributed by atoms with Gasteiger partial charge in [0.05, 0.1) is 13.0 Å². The number of carbonyl (C=O) groups excluding carboxylic acids is 2. The molecule has 0 unspecified atom stereocenters. The zero-order valence-electron chi connectivity index (χ0n) is 8.46. The maximum atomic E-state index is 11.1. The molecular formula is C10H14O4. The molecule has 0 saturated carbocycles. The van der Waals surface area contributed by atoms with Crippen molar-refractivity contribution in [1.82, 2.24) is 0 Å². The van der Waals surface area contributed by atoms with E-state index in [1.165, 1.54) is 0 Å². The summed E-state index contributed by atoms with van der Waals surface area (Å²) in [6.45, 7) is 4.22. The zero-order valence-corrected chi connectivity index (χ0v) is 8.46. The quantitative estimate of drug-likeness (QED) is 0.637. The number of hydrogen-bond acceptors (Lipinski definition) is 4. The van der Waals surface area contributed by atoms with Gasteiger partial charge in [0, 0.05) is 5.57 Å². The first-order chi connectivity index (χ1) is 6.69. The lowest BCUT2D eigenvalue weighted by molar-refractivity contribution is -0.142. The highest BCUT2D eigenvalue weighted by Crippen LogP contribution is 2.21. The summed E-state index contributed by atoms with van der Waals surface area (Å²) < 4.78 is 9.62. The highest BCUT2D eigenvalue weighted by molar-refractivity contribution is 5.93. The summed E-state index contributed by atoms with van der Waals surface area (Å²) in [6, 6.07) is 0. The first-order valence-corrected chi connectivity index (χ1v) is 4.72. The van der Waals surface area contributed by atoms with Gasteiger partial charge in [-0.25, -0.2) is 4.79 Å². The first kappa shape index (κ1) is 10.8. The monoisotopic (exact) mass is 198 g/mol. The average molecular weight is 198 g/mol. The molecular weight excluding hydrogens is 184 g/mol. The number of cyclic esters (lactones) is 1. The Labute approximate surface area is 82.9 Å². The number of hydrogen-bond donors (Lipinski definition) is 0. The molecule has 0 amide bonds. The maximum Gasteiger partial charge on any atom is 0.334 e. The van der Waals surface area contributed by atoms with Gasteiger partial charge >= 0.3 is 11.9 Å². The highest BCUT2D eigenvalue weighted by atomic mass is 16.5. The highest BCUT2D eigenvalue weighted by Gasteiger charge is 2.24. The lowest BCUT2D eigenvalue weighted by Gasteiger charge is -2.01. The molecule has 0 aliphatic carbocycles. The minimum Gasteiger partial charge on any atom is -0.466 e. The van der Waals surface area contributed by atoms with Crippen molar-refractivity contribution in [3.8, 4) is 0 Å². The van der Waals surface area contributed by atoms with E-state index >= 15 is 0 Å². The molecule has 0 aromatic heterocycles. The Morgan fingerprint density at radius 3 is 2.79 bits per heavy atom. The van der Waals surface area contributed by atoms with Crippen molar-refractivity contribution in [1.29, 1.82) is 0 Å². The molecule has 1 rings (SSSR count). The maximum absolute atomic E-state index is 11.1. The van der Waals surface area contributed by atoms with E-state index in [9.17, 15) is 9.59 Å². The van der Waals surface area contributed by atoms with Crippen molar-refractivity contribution in [2.75, 3.05) is 13.2 Å². The SMILES string of the molecule is CCOC(=O)CC1=C(CC)C(=O)OC1. The molecule has 0 radical (unpaired) electrons. The van der Waals surface area contributed by atoms with Crippen molar-refractivity contribution < 1.29 is 19.1 Å². The molecule has 78 valence electrons. The fraction of sp³-hybridized carbons (Fsp3) is 0.600. The molecule has 0 atom stereocenters. The number of rotatable bonds is 4. The number of carbonyl (C=O) groups is 2. The predicted molar refractivity (Wildman–Crippen MR) is 49.5 cm³/mol. The van der Waals surface area contributed by atoms with Crippen LogP contribution in [0.2, 0.25) is 0 Å². The van der Waals surface area contributed by atoms with Crippen LogP contribution in [0.4, 0.5) is 0 Å². The molecule has 14 heavy (non-hydrogen) atoms. The summed E-state index contributed by atoms with van der Waals surface area (Å²) in [5.74, 6) is -0.599. The number of ether oxygens (including phenoxy) is 2. The van der Waals surface area contributed by atoms with Crippen LogP contribution in [0.25, 0.3) is 0 Å². The van der Waals surface area contributed by atoms with Gasteiger partial charge < -0.3 is 9.47 Å².